The number of nitriles is 1. The minimum Gasteiger partial charge on any atom is -0.372 e. The molecule has 1 aliphatic carbocycles. The van der Waals surface area contributed by atoms with Crippen molar-refractivity contribution in [3.63, 3.8) is 0 Å². The molecule has 4 aliphatic rings. The molecule has 276 valence electrons. The molecule has 0 spiro atoms. The fourth-order valence-corrected chi connectivity index (χ4v) is 8.12. The van der Waals surface area contributed by atoms with Gasteiger partial charge in [-0.1, -0.05) is 29.4 Å². The van der Waals surface area contributed by atoms with E-state index in [0.717, 1.165) is 74.9 Å². The second-order valence-electron chi connectivity index (χ2n) is 15.3. The predicted molar refractivity (Wildman–Crippen MR) is 200 cm³/mol. The fourth-order valence-electron chi connectivity index (χ4n) is 8.12. The van der Waals surface area contributed by atoms with Gasteiger partial charge in [-0.2, -0.15) is 5.26 Å². The van der Waals surface area contributed by atoms with E-state index in [1.807, 2.05) is 19.9 Å². The van der Waals surface area contributed by atoms with E-state index in [0.29, 0.717) is 26.2 Å². The lowest BCUT2D eigenvalue weighted by molar-refractivity contribution is -0.136. The first-order valence-corrected chi connectivity index (χ1v) is 18.5. The zero-order valence-electron chi connectivity index (χ0n) is 30.9. The van der Waals surface area contributed by atoms with Crippen LogP contribution in [0, 0.1) is 32.1 Å². The molecule has 0 bridgehead atoms. The number of carbonyl (C=O) groups excluding carboxylic acids is 4. The molecule has 0 radical (unpaired) electrons. The van der Waals surface area contributed by atoms with Gasteiger partial charge in [0.15, 0.2) is 0 Å². The molecule has 1 saturated carbocycles. The Labute approximate surface area is 313 Å². The monoisotopic (exact) mass is 726 g/mol. The molecule has 1 aromatic heterocycles. The smallest absolute Gasteiger partial charge is 0.262 e. The molecule has 1 N–H and O–H groups in total. The van der Waals surface area contributed by atoms with Gasteiger partial charge in [0, 0.05) is 55.3 Å². The van der Waals surface area contributed by atoms with Crippen LogP contribution in [-0.4, -0.2) is 71.6 Å². The largest absolute Gasteiger partial charge is 0.372 e. The Morgan fingerprint density at radius 2 is 1.72 bits per heavy atom. The number of hydrogen-bond donors (Lipinski definition) is 1. The first-order valence-electron chi connectivity index (χ1n) is 18.5. The zero-order chi connectivity index (χ0) is 37.9. The average molecular weight is 727 g/mol. The van der Waals surface area contributed by atoms with Crippen LogP contribution in [0.2, 0.25) is 0 Å². The highest BCUT2D eigenvalue weighted by Gasteiger charge is 2.46. The van der Waals surface area contributed by atoms with Crippen LogP contribution in [0.5, 0.6) is 0 Å². The molecule has 12 nitrogen and oxygen atoms in total. The Morgan fingerprint density at radius 3 is 2.39 bits per heavy atom. The first-order chi connectivity index (χ1) is 25.9. The van der Waals surface area contributed by atoms with Gasteiger partial charge >= 0.3 is 0 Å². The van der Waals surface area contributed by atoms with Crippen LogP contribution in [0.15, 0.2) is 65.2 Å². The summed E-state index contributed by atoms with van der Waals surface area (Å²) in [7, 11) is 0. The summed E-state index contributed by atoms with van der Waals surface area (Å²) in [5.41, 5.74) is 7.73. The Bertz CT molecular complexity index is 2220. The summed E-state index contributed by atoms with van der Waals surface area (Å²) in [4.78, 5) is 56.0. The average Bonchev–Trinajstić information content (AvgIpc) is 3.83. The Morgan fingerprint density at radius 1 is 0.981 bits per heavy atom. The molecular formula is C42H42N6O6. The summed E-state index contributed by atoms with van der Waals surface area (Å²) in [6, 6.07) is 21.5. The van der Waals surface area contributed by atoms with Crippen LogP contribution >= 0.6 is 0 Å². The third-order valence-corrected chi connectivity index (χ3v) is 11.3. The number of nitrogens with one attached hydrogen (secondary N) is 1. The topological polar surface area (TPSA) is 149 Å². The molecular weight excluding hydrogens is 684 g/mol. The SMILES string of the molecule is Cc1ccc(-c2c(C)noc2C)cc1N(CCCOC1(C)CN(c2ccc3c(c2)C(=O)N(C2CCC(=O)NC2=O)C3=O)C1)c1ccc(C2(C#N)CC2)cc1. The van der Waals surface area contributed by atoms with Gasteiger partial charge in [0.1, 0.15) is 17.4 Å². The van der Waals surface area contributed by atoms with Crippen molar-refractivity contribution in [1.82, 2.24) is 15.4 Å². The lowest BCUT2D eigenvalue weighted by Gasteiger charge is -2.49. The van der Waals surface area contributed by atoms with E-state index in [2.05, 4.69) is 82.7 Å². The molecule has 54 heavy (non-hydrogen) atoms. The number of amides is 4. The van der Waals surface area contributed by atoms with Gasteiger partial charge in [-0.3, -0.25) is 29.4 Å². The van der Waals surface area contributed by atoms with Gasteiger partial charge in [-0.25, -0.2) is 0 Å². The van der Waals surface area contributed by atoms with Gasteiger partial charge in [0.2, 0.25) is 11.8 Å². The Kier molecular flexibility index (Phi) is 8.65. The highest BCUT2D eigenvalue weighted by atomic mass is 16.5. The van der Waals surface area contributed by atoms with E-state index >= 15 is 0 Å². The van der Waals surface area contributed by atoms with Crippen LogP contribution in [-0.2, 0) is 19.7 Å². The van der Waals surface area contributed by atoms with Crippen molar-refractivity contribution >= 4 is 40.7 Å². The van der Waals surface area contributed by atoms with Gasteiger partial charge in [0.05, 0.1) is 28.3 Å². The Hall–Kier alpha value is -5.80. The van der Waals surface area contributed by atoms with Gasteiger partial charge in [0.25, 0.3) is 11.8 Å². The van der Waals surface area contributed by atoms with Crippen LogP contribution in [0.3, 0.4) is 0 Å². The molecule has 8 rings (SSSR count). The van der Waals surface area contributed by atoms with Crippen molar-refractivity contribution in [1.29, 1.82) is 5.26 Å². The molecule has 1 unspecified atom stereocenters. The summed E-state index contributed by atoms with van der Waals surface area (Å²) in [6.07, 6.45) is 2.73. The van der Waals surface area contributed by atoms with E-state index in [1.54, 1.807) is 12.1 Å². The highest BCUT2D eigenvalue weighted by molar-refractivity contribution is 6.23. The molecule has 4 amide bonds. The maximum atomic E-state index is 13.4. The quantitative estimate of drug-likeness (QED) is 0.143. The number of imide groups is 2. The molecule has 3 fully saturated rings. The van der Waals surface area contributed by atoms with Crippen molar-refractivity contribution in [2.75, 3.05) is 36.0 Å². The van der Waals surface area contributed by atoms with Crippen molar-refractivity contribution < 1.29 is 28.4 Å². The van der Waals surface area contributed by atoms with E-state index in [9.17, 15) is 24.4 Å². The minimum atomic E-state index is -0.997. The number of anilines is 3. The maximum absolute atomic E-state index is 13.4. The molecule has 12 heteroatoms. The van der Waals surface area contributed by atoms with Crippen LogP contribution in [0.25, 0.3) is 11.1 Å². The van der Waals surface area contributed by atoms with Crippen molar-refractivity contribution in [2.24, 2.45) is 0 Å². The van der Waals surface area contributed by atoms with Crippen molar-refractivity contribution in [3.8, 4) is 17.2 Å². The maximum Gasteiger partial charge on any atom is 0.262 e. The summed E-state index contributed by atoms with van der Waals surface area (Å²) >= 11 is 0. The number of benzene rings is 3. The standard InChI is InChI=1S/C42H42N6O6/c1-25-6-7-28(37-26(2)45-54-27(37)3)20-35(25)47(30-10-8-29(9-11-30)42(22-43)16-17-42)18-5-19-53-41(4)23-46(24-41)31-12-13-32-33(21-31)40(52)48(39(32)51)34-14-15-36(49)44-38(34)50/h6-13,20-21,34H,5,14-19,23-24H2,1-4H3,(H,44,49,50). The van der Waals surface area contributed by atoms with E-state index in [-0.39, 0.29) is 29.4 Å². The number of rotatable bonds is 11. The number of ether oxygens (including phenoxy) is 1. The second-order valence-corrected chi connectivity index (χ2v) is 15.3. The second kappa shape index (κ2) is 13.2. The minimum absolute atomic E-state index is 0.0761. The molecule has 4 aromatic rings. The van der Waals surface area contributed by atoms with Crippen molar-refractivity contribution in [2.45, 2.75) is 76.9 Å². The number of aryl methyl sites for hydroxylation is 3. The Balaban J connectivity index is 0.939. The summed E-state index contributed by atoms with van der Waals surface area (Å²) in [5.74, 6) is -1.29. The number of hydrogen-bond acceptors (Lipinski definition) is 10. The third kappa shape index (κ3) is 6.12. The number of fused-ring (bicyclic) bond motifs is 1. The van der Waals surface area contributed by atoms with Crippen LogP contribution < -0.4 is 15.1 Å². The number of piperidine rings is 1. The van der Waals surface area contributed by atoms with Gasteiger partial charge in [-0.05, 0) is 106 Å². The van der Waals surface area contributed by atoms with Crippen LogP contribution in [0.1, 0.15) is 82.3 Å². The molecule has 4 heterocycles. The summed E-state index contributed by atoms with van der Waals surface area (Å²) in [5, 5.41) is 16.2. The molecule has 1 atom stereocenters. The van der Waals surface area contributed by atoms with Crippen molar-refractivity contribution in [3.05, 3.63) is 94.4 Å². The fraction of sp³-hybridized carbons (Fsp3) is 0.381. The number of nitrogens with zero attached hydrogens (tertiary/aromatic N) is 5. The third-order valence-electron chi connectivity index (χ3n) is 11.3. The molecule has 3 aliphatic heterocycles. The highest BCUT2D eigenvalue weighted by Crippen LogP contribution is 2.48. The normalized spacial score (nSPS) is 19.6. The first kappa shape index (κ1) is 35.2. The van der Waals surface area contributed by atoms with E-state index in [4.69, 9.17) is 9.26 Å². The van der Waals surface area contributed by atoms with E-state index < -0.39 is 35.3 Å². The summed E-state index contributed by atoms with van der Waals surface area (Å²) < 4.78 is 12.0. The van der Waals surface area contributed by atoms with Crippen LogP contribution in [0.4, 0.5) is 17.1 Å². The molecule has 2 saturated heterocycles. The number of aromatic nitrogens is 1. The predicted octanol–water partition coefficient (Wildman–Crippen LogP) is 6.05. The lowest BCUT2D eigenvalue weighted by atomic mass is 9.94. The van der Waals surface area contributed by atoms with Gasteiger partial charge in [-0.15, -0.1) is 0 Å². The summed E-state index contributed by atoms with van der Waals surface area (Å²) in [6.45, 7) is 10.5. The molecule has 3 aromatic carbocycles. The zero-order valence-corrected chi connectivity index (χ0v) is 30.9. The van der Waals surface area contributed by atoms with Gasteiger partial charge < -0.3 is 19.1 Å². The van der Waals surface area contributed by atoms with E-state index in [1.165, 1.54) is 0 Å². The number of carbonyl (C=O) groups is 4. The lowest BCUT2D eigenvalue weighted by Crippen LogP contribution is -2.61.